The molecule has 1 atom stereocenters. The van der Waals surface area contributed by atoms with E-state index in [1.54, 1.807) is 23.7 Å². The zero-order valence-electron chi connectivity index (χ0n) is 20.5. The van der Waals surface area contributed by atoms with Crippen LogP contribution in [0.25, 0.3) is 17.0 Å². The van der Waals surface area contributed by atoms with Crippen LogP contribution in [0.1, 0.15) is 39.0 Å². The highest BCUT2D eigenvalue weighted by atomic mass is 16.5. The summed E-state index contributed by atoms with van der Waals surface area (Å²) < 4.78 is 0. The Morgan fingerprint density at radius 3 is 2.51 bits per heavy atom. The number of aryl methyl sites for hydroxylation is 2. The van der Waals surface area contributed by atoms with E-state index in [9.17, 15) is 14.7 Å². The molecule has 190 valence electrons. The molecular formula is C30H31N3O4. The van der Waals surface area contributed by atoms with Crippen LogP contribution in [0, 0.1) is 0 Å². The summed E-state index contributed by atoms with van der Waals surface area (Å²) in [5, 5.41) is 21.9. The average Bonchev–Trinajstić information content (AvgIpc) is 3.59. The van der Waals surface area contributed by atoms with Crippen LogP contribution >= 0.6 is 0 Å². The molecule has 0 spiro atoms. The number of para-hydroxylation sites is 1. The predicted octanol–water partition coefficient (Wildman–Crippen LogP) is 4.20. The first-order valence-electron chi connectivity index (χ1n) is 12.3. The quantitative estimate of drug-likeness (QED) is 0.150. The number of nitrogens with one attached hydrogen (secondary N) is 3. The summed E-state index contributed by atoms with van der Waals surface area (Å²) in [6.07, 6.45) is 9.04. The molecule has 1 heterocycles. The Morgan fingerprint density at radius 1 is 0.973 bits per heavy atom. The molecule has 0 aliphatic heterocycles. The Bertz CT molecular complexity index is 1380. The van der Waals surface area contributed by atoms with Gasteiger partial charge in [0.1, 0.15) is 0 Å². The fourth-order valence-electron chi connectivity index (χ4n) is 4.49. The fraction of sp³-hybridized carbons (Fsp3) is 0.200. The van der Waals surface area contributed by atoms with E-state index in [0.29, 0.717) is 12.0 Å². The second-order valence-corrected chi connectivity index (χ2v) is 8.97. The minimum absolute atomic E-state index is 0.0991. The van der Waals surface area contributed by atoms with Crippen molar-refractivity contribution in [3.63, 3.8) is 0 Å². The lowest BCUT2D eigenvalue weighted by molar-refractivity contribution is -0.124. The summed E-state index contributed by atoms with van der Waals surface area (Å²) in [6, 6.07) is 22.9. The molecule has 1 aliphatic rings. The summed E-state index contributed by atoms with van der Waals surface area (Å²) >= 11 is 0. The molecule has 2 amide bonds. The van der Waals surface area contributed by atoms with Crippen LogP contribution in [0.2, 0.25) is 0 Å². The highest BCUT2D eigenvalue weighted by molar-refractivity contribution is 5.94. The minimum atomic E-state index is -0.504. The maximum Gasteiger partial charge on any atom is 0.267 e. The van der Waals surface area contributed by atoms with Gasteiger partial charge < -0.3 is 15.4 Å². The molecule has 1 unspecified atom stereocenters. The summed E-state index contributed by atoms with van der Waals surface area (Å²) in [6.45, 7) is -0.0991. The number of hydrogen-bond donors (Lipinski definition) is 5. The molecule has 0 fully saturated rings. The van der Waals surface area contributed by atoms with E-state index >= 15 is 0 Å². The van der Waals surface area contributed by atoms with Crippen molar-refractivity contribution in [2.75, 3.05) is 6.61 Å². The largest absolute Gasteiger partial charge is 0.394 e. The molecule has 0 saturated heterocycles. The van der Waals surface area contributed by atoms with Gasteiger partial charge in [0.05, 0.1) is 12.6 Å². The normalized spacial score (nSPS) is 13.0. The van der Waals surface area contributed by atoms with Crippen molar-refractivity contribution in [2.45, 2.75) is 31.7 Å². The molecule has 1 aromatic heterocycles. The van der Waals surface area contributed by atoms with E-state index in [1.807, 2.05) is 54.7 Å². The lowest BCUT2D eigenvalue weighted by atomic mass is 10.0. The third kappa shape index (κ3) is 6.94. The van der Waals surface area contributed by atoms with Crippen molar-refractivity contribution < 1.29 is 19.9 Å². The third-order valence-electron chi connectivity index (χ3n) is 6.39. The van der Waals surface area contributed by atoms with Crippen molar-refractivity contribution in [1.82, 2.24) is 15.8 Å². The lowest BCUT2D eigenvalue weighted by Crippen LogP contribution is -2.39. The molecule has 1 aliphatic carbocycles. The van der Waals surface area contributed by atoms with Crippen molar-refractivity contribution >= 4 is 28.8 Å². The smallest absolute Gasteiger partial charge is 0.267 e. The second kappa shape index (κ2) is 12.7. The highest BCUT2D eigenvalue weighted by Crippen LogP contribution is 2.23. The van der Waals surface area contributed by atoms with Crippen LogP contribution in [0.5, 0.6) is 0 Å². The van der Waals surface area contributed by atoms with E-state index in [-0.39, 0.29) is 18.6 Å². The Morgan fingerprint density at radius 2 is 1.73 bits per heavy atom. The summed E-state index contributed by atoms with van der Waals surface area (Å²) in [5.41, 5.74) is 8.10. The molecule has 0 radical (unpaired) electrons. The van der Waals surface area contributed by atoms with Gasteiger partial charge in [-0.05, 0) is 72.2 Å². The molecule has 3 aromatic carbocycles. The van der Waals surface area contributed by atoms with E-state index in [4.69, 9.17) is 5.21 Å². The standard InChI is InChI=1S/C18H18N2O2.C12H13NO2/c21-12-15(20-18(22)13-6-2-1-3-7-13)10-14-11-19-17-9-5-4-8-16(14)17;14-12(13-15)7-5-9-4-6-10-2-1-3-11(10)8-9/h1-9,11,15,19,21H,10,12H2,(H,20,22);4-8,15H,1-3H2,(H,13,14)/b;7-5+. The molecule has 0 saturated carbocycles. The molecule has 37 heavy (non-hydrogen) atoms. The molecule has 4 aromatic rings. The maximum atomic E-state index is 12.2. The highest BCUT2D eigenvalue weighted by Gasteiger charge is 2.15. The number of hydroxylamine groups is 1. The first-order chi connectivity index (χ1) is 18.1. The number of carbonyl (C=O) groups is 2. The SMILES string of the molecule is O=C(/C=C/c1ccc2c(c1)CCC2)NO.O=C(NC(CO)Cc1c[nH]c2ccccc12)c1ccccc1. The predicted molar refractivity (Wildman–Crippen MR) is 144 cm³/mol. The number of aromatic nitrogens is 1. The lowest BCUT2D eigenvalue weighted by Gasteiger charge is -2.16. The van der Waals surface area contributed by atoms with Crippen molar-refractivity contribution in [1.29, 1.82) is 0 Å². The van der Waals surface area contributed by atoms with Crippen LogP contribution in [-0.4, -0.2) is 39.8 Å². The topological polar surface area (TPSA) is 114 Å². The number of fused-ring (bicyclic) bond motifs is 2. The number of aliphatic hydroxyl groups excluding tert-OH is 1. The average molecular weight is 498 g/mol. The first-order valence-corrected chi connectivity index (χ1v) is 12.3. The molecule has 5 N–H and O–H groups in total. The van der Waals surface area contributed by atoms with Gasteiger partial charge >= 0.3 is 0 Å². The van der Waals surface area contributed by atoms with Crippen LogP contribution < -0.4 is 10.8 Å². The summed E-state index contributed by atoms with van der Waals surface area (Å²) in [5.74, 6) is -0.671. The van der Waals surface area contributed by atoms with E-state index in [0.717, 1.165) is 34.9 Å². The molecule has 7 nitrogen and oxygen atoms in total. The molecule has 7 heteroatoms. The third-order valence-corrected chi connectivity index (χ3v) is 6.39. The fourth-order valence-corrected chi connectivity index (χ4v) is 4.49. The second-order valence-electron chi connectivity index (χ2n) is 8.97. The summed E-state index contributed by atoms with van der Waals surface area (Å²) in [4.78, 5) is 26.2. The van der Waals surface area contributed by atoms with Crippen molar-refractivity contribution in [3.8, 4) is 0 Å². The van der Waals surface area contributed by atoms with Gasteiger partial charge in [-0.15, -0.1) is 0 Å². The van der Waals surface area contributed by atoms with Gasteiger partial charge in [-0.1, -0.05) is 54.6 Å². The number of aromatic amines is 1. The Labute approximate surface area is 215 Å². The number of H-pyrrole nitrogens is 1. The molecule has 0 bridgehead atoms. The zero-order chi connectivity index (χ0) is 26.0. The van der Waals surface area contributed by atoms with Crippen LogP contribution in [0.15, 0.2) is 85.1 Å². The van der Waals surface area contributed by atoms with E-state index in [1.165, 1.54) is 23.6 Å². The van der Waals surface area contributed by atoms with Crippen LogP contribution in [0.3, 0.4) is 0 Å². The van der Waals surface area contributed by atoms with E-state index < -0.39 is 5.91 Å². The van der Waals surface area contributed by atoms with E-state index in [2.05, 4.69) is 22.4 Å². The maximum absolute atomic E-state index is 12.2. The van der Waals surface area contributed by atoms with Crippen molar-refractivity contribution in [3.05, 3.63) is 113 Å². The Balaban J connectivity index is 0.000000186. The Kier molecular flexibility index (Phi) is 8.86. The number of carbonyl (C=O) groups excluding carboxylic acids is 2. The number of hydrogen-bond acceptors (Lipinski definition) is 4. The summed E-state index contributed by atoms with van der Waals surface area (Å²) in [7, 11) is 0. The van der Waals surface area contributed by atoms with Gasteiger partial charge in [0.15, 0.2) is 0 Å². The van der Waals surface area contributed by atoms with Crippen LogP contribution in [0.4, 0.5) is 0 Å². The van der Waals surface area contributed by atoms with Gasteiger partial charge in [-0.25, -0.2) is 5.48 Å². The van der Waals surface area contributed by atoms with Gasteiger partial charge in [0.25, 0.3) is 11.8 Å². The van der Waals surface area contributed by atoms with Gasteiger partial charge in [0.2, 0.25) is 0 Å². The monoisotopic (exact) mass is 497 g/mol. The van der Waals surface area contributed by atoms with Gasteiger partial charge in [0, 0.05) is 28.7 Å². The van der Waals surface area contributed by atoms with Gasteiger partial charge in [-0.2, -0.15) is 0 Å². The van der Waals surface area contributed by atoms with Crippen molar-refractivity contribution in [2.24, 2.45) is 0 Å². The Hall–Kier alpha value is -4.20. The van der Waals surface area contributed by atoms with Crippen LogP contribution in [-0.2, 0) is 24.1 Å². The number of aliphatic hydroxyl groups is 1. The molecule has 5 rings (SSSR count). The number of amides is 2. The zero-order valence-corrected chi connectivity index (χ0v) is 20.5. The van der Waals surface area contributed by atoms with Gasteiger partial charge in [-0.3, -0.25) is 14.8 Å². The number of rotatable bonds is 7. The number of benzene rings is 3. The molecular weight excluding hydrogens is 466 g/mol. The minimum Gasteiger partial charge on any atom is -0.394 e. The first kappa shape index (κ1) is 25.9.